The number of carbonyl (C=O) groups excluding carboxylic acids is 1. The summed E-state index contributed by atoms with van der Waals surface area (Å²) in [5.41, 5.74) is 0.520. The van der Waals surface area contributed by atoms with Crippen molar-refractivity contribution in [1.29, 1.82) is 0 Å². The van der Waals surface area contributed by atoms with Gasteiger partial charge in [-0.25, -0.2) is 8.78 Å². The average molecular weight is 238 g/mol. The van der Waals surface area contributed by atoms with E-state index in [-0.39, 0.29) is 11.7 Å². The van der Waals surface area contributed by atoms with Gasteiger partial charge in [0.25, 0.3) is 0 Å². The minimum atomic E-state index is -0.553. The third-order valence-electron chi connectivity index (χ3n) is 3.36. The summed E-state index contributed by atoms with van der Waals surface area (Å²) < 4.78 is 26.2. The number of ketones is 1. The van der Waals surface area contributed by atoms with Crippen molar-refractivity contribution in [2.75, 3.05) is 0 Å². The smallest absolute Gasteiger partial charge is 0.133 e. The molecule has 92 valence electrons. The Morgan fingerprint density at radius 1 is 1.24 bits per heavy atom. The van der Waals surface area contributed by atoms with Crippen LogP contribution in [0.1, 0.15) is 37.7 Å². The summed E-state index contributed by atoms with van der Waals surface area (Å²) in [5.74, 6) is -0.565. The lowest BCUT2D eigenvalue weighted by molar-refractivity contribution is -0.119. The van der Waals surface area contributed by atoms with Crippen LogP contribution in [0.5, 0.6) is 0 Å². The van der Waals surface area contributed by atoms with Gasteiger partial charge in [0.15, 0.2) is 0 Å². The van der Waals surface area contributed by atoms with Crippen molar-refractivity contribution in [2.24, 2.45) is 5.92 Å². The predicted octanol–water partition coefficient (Wildman–Crippen LogP) is 3.66. The first-order chi connectivity index (χ1) is 8.15. The molecule has 1 aliphatic rings. The van der Waals surface area contributed by atoms with Crippen molar-refractivity contribution >= 4 is 5.78 Å². The maximum atomic E-state index is 13.5. The predicted molar refractivity (Wildman–Crippen MR) is 61.6 cm³/mol. The van der Waals surface area contributed by atoms with E-state index in [1.165, 1.54) is 12.1 Å². The van der Waals surface area contributed by atoms with E-state index in [1.54, 1.807) is 0 Å². The van der Waals surface area contributed by atoms with E-state index in [0.717, 1.165) is 25.3 Å². The molecule has 0 bridgehead atoms. The molecule has 3 heteroatoms. The van der Waals surface area contributed by atoms with Crippen LogP contribution in [0, 0.1) is 17.6 Å². The molecule has 0 aliphatic heterocycles. The molecule has 1 nitrogen and oxygen atoms in total. The Labute approximate surface area is 99.8 Å². The molecule has 0 amide bonds. The van der Waals surface area contributed by atoms with Crippen LogP contribution in [-0.2, 0) is 11.2 Å². The van der Waals surface area contributed by atoms with Gasteiger partial charge in [-0.05, 0) is 36.8 Å². The zero-order valence-corrected chi connectivity index (χ0v) is 9.72. The number of Topliss-reactive ketones (excluding diaryl/α,β-unsaturated/α-hetero) is 1. The highest BCUT2D eigenvalue weighted by Gasteiger charge is 2.19. The second kappa shape index (κ2) is 5.39. The molecule has 1 aliphatic carbocycles. The van der Waals surface area contributed by atoms with E-state index < -0.39 is 11.6 Å². The quantitative estimate of drug-likeness (QED) is 0.719. The van der Waals surface area contributed by atoms with E-state index >= 15 is 0 Å². The fourth-order valence-corrected chi connectivity index (χ4v) is 2.45. The van der Waals surface area contributed by atoms with E-state index in [2.05, 4.69) is 0 Å². The third-order valence-corrected chi connectivity index (χ3v) is 3.36. The molecule has 17 heavy (non-hydrogen) atoms. The molecule has 1 saturated carbocycles. The zero-order valence-electron chi connectivity index (χ0n) is 9.72. The van der Waals surface area contributed by atoms with Crippen LogP contribution in [0.25, 0.3) is 0 Å². The van der Waals surface area contributed by atoms with E-state index in [4.69, 9.17) is 0 Å². The molecule has 0 heterocycles. The summed E-state index contributed by atoms with van der Waals surface area (Å²) >= 11 is 0. The Morgan fingerprint density at radius 3 is 2.82 bits per heavy atom. The zero-order chi connectivity index (χ0) is 12.3. The fourth-order valence-electron chi connectivity index (χ4n) is 2.45. The highest BCUT2D eigenvalue weighted by molar-refractivity contribution is 5.78. The molecule has 1 aromatic carbocycles. The van der Waals surface area contributed by atoms with Gasteiger partial charge in [-0.15, -0.1) is 0 Å². The monoisotopic (exact) mass is 238 g/mol. The van der Waals surface area contributed by atoms with Gasteiger partial charge in [-0.3, -0.25) is 4.79 Å². The molecule has 0 N–H and O–H groups in total. The van der Waals surface area contributed by atoms with Crippen LogP contribution in [0.4, 0.5) is 8.78 Å². The minimum absolute atomic E-state index is 0.213. The summed E-state index contributed by atoms with van der Waals surface area (Å²) in [6.45, 7) is 0. The highest BCUT2D eigenvalue weighted by atomic mass is 19.1. The molecule has 1 unspecified atom stereocenters. The lowest BCUT2D eigenvalue weighted by atomic mass is 9.92. The van der Waals surface area contributed by atoms with Crippen LogP contribution in [0.2, 0.25) is 0 Å². The number of carbonyl (C=O) groups is 1. The van der Waals surface area contributed by atoms with Crippen LogP contribution in [-0.4, -0.2) is 5.78 Å². The lowest BCUT2D eigenvalue weighted by Gasteiger charge is -2.13. The average Bonchev–Trinajstić information content (AvgIpc) is 2.47. The number of hydrogen-bond acceptors (Lipinski definition) is 1. The molecule has 1 aromatic rings. The molecule has 0 spiro atoms. The number of hydrogen-bond donors (Lipinski definition) is 0. The summed E-state index contributed by atoms with van der Waals surface area (Å²) in [6.07, 6.45) is 4.67. The summed E-state index contributed by atoms with van der Waals surface area (Å²) in [7, 11) is 0. The van der Waals surface area contributed by atoms with Crippen molar-refractivity contribution in [1.82, 2.24) is 0 Å². The molecule has 0 radical (unpaired) electrons. The van der Waals surface area contributed by atoms with Gasteiger partial charge in [0, 0.05) is 18.9 Å². The molecule has 1 fully saturated rings. The Balaban J connectivity index is 2.06. The first-order valence-electron chi connectivity index (χ1n) is 6.11. The van der Waals surface area contributed by atoms with Gasteiger partial charge in [0.05, 0.1) is 0 Å². The summed E-state index contributed by atoms with van der Waals surface area (Å²) in [5, 5.41) is 0. The summed E-state index contributed by atoms with van der Waals surface area (Å²) in [6, 6.07) is 3.67. The van der Waals surface area contributed by atoms with E-state index in [0.29, 0.717) is 24.8 Å². The maximum Gasteiger partial charge on any atom is 0.133 e. The number of rotatable bonds is 2. The SMILES string of the molecule is O=C1CCCCC(Cc2ccc(F)cc2F)C1. The first kappa shape index (κ1) is 12.2. The van der Waals surface area contributed by atoms with E-state index in [9.17, 15) is 13.6 Å². The molecule has 0 aromatic heterocycles. The van der Waals surface area contributed by atoms with E-state index in [1.807, 2.05) is 0 Å². The van der Waals surface area contributed by atoms with Crippen molar-refractivity contribution < 1.29 is 13.6 Å². The lowest BCUT2D eigenvalue weighted by Crippen LogP contribution is -2.09. The van der Waals surface area contributed by atoms with Crippen LogP contribution >= 0.6 is 0 Å². The topological polar surface area (TPSA) is 17.1 Å². The van der Waals surface area contributed by atoms with Gasteiger partial charge in [-0.1, -0.05) is 12.5 Å². The van der Waals surface area contributed by atoms with Crippen LogP contribution < -0.4 is 0 Å². The second-order valence-corrected chi connectivity index (χ2v) is 4.79. The van der Waals surface area contributed by atoms with Crippen molar-refractivity contribution in [3.8, 4) is 0 Å². The van der Waals surface area contributed by atoms with Gasteiger partial charge < -0.3 is 0 Å². The Bertz CT molecular complexity index is 415. The molecule has 1 atom stereocenters. The first-order valence-corrected chi connectivity index (χ1v) is 6.11. The molecule has 0 saturated heterocycles. The van der Waals surface area contributed by atoms with Gasteiger partial charge in [-0.2, -0.15) is 0 Å². The van der Waals surface area contributed by atoms with Gasteiger partial charge >= 0.3 is 0 Å². The molecule has 2 rings (SSSR count). The highest BCUT2D eigenvalue weighted by Crippen LogP contribution is 2.25. The van der Waals surface area contributed by atoms with Crippen molar-refractivity contribution in [2.45, 2.75) is 38.5 Å². The Kier molecular flexibility index (Phi) is 3.87. The minimum Gasteiger partial charge on any atom is -0.300 e. The number of benzene rings is 1. The fraction of sp³-hybridized carbons (Fsp3) is 0.500. The largest absolute Gasteiger partial charge is 0.300 e. The van der Waals surface area contributed by atoms with Crippen molar-refractivity contribution in [3.63, 3.8) is 0 Å². The molecular weight excluding hydrogens is 222 g/mol. The van der Waals surface area contributed by atoms with Gasteiger partial charge in [0.2, 0.25) is 0 Å². The standard InChI is InChI=1S/C14H16F2O/c15-12-6-5-11(14(16)9-12)7-10-3-1-2-4-13(17)8-10/h5-6,9-10H,1-4,7-8H2. The van der Waals surface area contributed by atoms with Crippen molar-refractivity contribution in [3.05, 3.63) is 35.4 Å². The molecular formula is C14H16F2O. The van der Waals surface area contributed by atoms with Crippen LogP contribution in [0.15, 0.2) is 18.2 Å². The number of halogens is 2. The third kappa shape index (κ3) is 3.35. The second-order valence-electron chi connectivity index (χ2n) is 4.79. The Morgan fingerprint density at radius 2 is 2.06 bits per heavy atom. The van der Waals surface area contributed by atoms with Crippen LogP contribution in [0.3, 0.4) is 0 Å². The normalized spacial score (nSPS) is 21.3. The summed E-state index contributed by atoms with van der Waals surface area (Å²) in [4.78, 5) is 11.5. The Hall–Kier alpha value is -1.25. The van der Waals surface area contributed by atoms with Gasteiger partial charge in [0.1, 0.15) is 17.4 Å². The maximum absolute atomic E-state index is 13.5.